The van der Waals surface area contributed by atoms with Crippen LogP contribution in [0, 0.1) is 0 Å². The zero-order chi connectivity index (χ0) is 16.7. The van der Waals surface area contributed by atoms with E-state index in [-0.39, 0.29) is 23.9 Å². The fourth-order valence-corrected chi connectivity index (χ4v) is 2.22. The number of rotatable bonds is 6. The molecule has 134 valence electrons. The smallest absolute Gasteiger partial charge is 0.509 e. The van der Waals surface area contributed by atoms with Gasteiger partial charge < -0.3 is 24.1 Å². The van der Waals surface area contributed by atoms with E-state index in [4.69, 9.17) is 14.2 Å². The van der Waals surface area contributed by atoms with Crippen molar-refractivity contribution in [3.8, 4) is 11.5 Å². The van der Waals surface area contributed by atoms with E-state index in [9.17, 15) is 9.90 Å². The van der Waals surface area contributed by atoms with Crippen LogP contribution in [-0.4, -0.2) is 56.6 Å². The molecule has 0 atom stereocenters. The van der Waals surface area contributed by atoms with Crippen LogP contribution in [0.4, 0.5) is 4.79 Å². The van der Waals surface area contributed by atoms with Crippen LogP contribution in [0.25, 0.3) is 0 Å². The lowest BCUT2D eigenvalue weighted by Crippen LogP contribution is -2.36. The minimum absolute atomic E-state index is 0. The lowest BCUT2D eigenvalue weighted by molar-refractivity contribution is 0.0770. The van der Waals surface area contributed by atoms with Crippen molar-refractivity contribution in [2.45, 2.75) is 6.42 Å². The summed E-state index contributed by atoms with van der Waals surface area (Å²) in [6, 6.07) is 7.42. The van der Waals surface area contributed by atoms with Crippen molar-refractivity contribution >= 4 is 18.6 Å². The monoisotopic (exact) mass is 359 g/mol. The van der Waals surface area contributed by atoms with Gasteiger partial charge >= 0.3 is 6.16 Å². The third-order valence-electron chi connectivity index (χ3n) is 3.46. The SMILES string of the molecule is COC(=O)OC1=C(O)CCN(CCOc2ccccc2OC)C1.Cl. The number of carbonyl (C=O) groups excluding carboxylic acids is 1. The molecule has 1 aliphatic rings. The molecule has 0 saturated carbocycles. The molecule has 1 heterocycles. The van der Waals surface area contributed by atoms with E-state index in [1.165, 1.54) is 7.11 Å². The van der Waals surface area contributed by atoms with Gasteiger partial charge in [0.2, 0.25) is 0 Å². The van der Waals surface area contributed by atoms with Crippen LogP contribution in [0.2, 0.25) is 0 Å². The Bertz CT molecular complexity index is 577. The summed E-state index contributed by atoms with van der Waals surface area (Å²) in [5.41, 5.74) is 0. The molecule has 0 spiro atoms. The zero-order valence-corrected chi connectivity index (χ0v) is 14.5. The van der Waals surface area contributed by atoms with E-state index in [1.807, 2.05) is 29.2 Å². The number of hydrogen-bond donors (Lipinski definition) is 1. The Morgan fingerprint density at radius 2 is 1.96 bits per heavy atom. The maximum Gasteiger partial charge on any atom is 0.513 e. The average Bonchev–Trinajstić information content (AvgIpc) is 2.58. The molecule has 0 unspecified atom stereocenters. The van der Waals surface area contributed by atoms with Crippen LogP contribution in [0.15, 0.2) is 35.8 Å². The highest BCUT2D eigenvalue weighted by atomic mass is 35.5. The van der Waals surface area contributed by atoms with Crippen LogP contribution >= 0.6 is 12.4 Å². The van der Waals surface area contributed by atoms with E-state index in [2.05, 4.69) is 4.74 Å². The quantitative estimate of drug-likeness (QED) is 0.782. The summed E-state index contributed by atoms with van der Waals surface area (Å²) in [6.45, 7) is 2.07. The molecule has 0 fully saturated rings. The molecule has 0 radical (unpaired) electrons. The Kier molecular flexibility index (Phi) is 8.21. The molecule has 0 amide bonds. The Hall–Kier alpha value is -2.12. The van der Waals surface area contributed by atoms with E-state index in [0.29, 0.717) is 44.2 Å². The van der Waals surface area contributed by atoms with Crippen molar-refractivity contribution in [2.75, 3.05) is 40.5 Å². The van der Waals surface area contributed by atoms with Gasteiger partial charge in [0.25, 0.3) is 0 Å². The summed E-state index contributed by atoms with van der Waals surface area (Å²) in [4.78, 5) is 13.2. The number of benzene rings is 1. The summed E-state index contributed by atoms with van der Waals surface area (Å²) < 4.78 is 20.3. The maximum absolute atomic E-state index is 11.2. The van der Waals surface area contributed by atoms with Gasteiger partial charge in [-0.1, -0.05) is 12.1 Å². The van der Waals surface area contributed by atoms with Crippen molar-refractivity contribution in [1.29, 1.82) is 0 Å². The molecule has 1 aliphatic heterocycles. The molecule has 1 aromatic rings. The Morgan fingerprint density at radius 1 is 1.25 bits per heavy atom. The normalized spacial score (nSPS) is 14.6. The summed E-state index contributed by atoms with van der Waals surface area (Å²) in [5, 5.41) is 9.78. The van der Waals surface area contributed by atoms with Gasteiger partial charge in [0.05, 0.1) is 20.8 Å². The van der Waals surface area contributed by atoms with Crippen LogP contribution in [0.5, 0.6) is 11.5 Å². The van der Waals surface area contributed by atoms with Gasteiger partial charge in [-0.3, -0.25) is 4.90 Å². The third kappa shape index (κ3) is 5.50. The van der Waals surface area contributed by atoms with Gasteiger partial charge in [-0.2, -0.15) is 0 Å². The first-order valence-corrected chi connectivity index (χ1v) is 7.29. The number of aliphatic hydroxyl groups excluding tert-OH is 1. The van der Waals surface area contributed by atoms with Gasteiger partial charge in [0, 0.05) is 19.5 Å². The van der Waals surface area contributed by atoms with E-state index in [1.54, 1.807) is 7.11 Å². The highest BCUT2D eigenvalue weighted by Gasteiger charge is 2.22. The number of aliphatic hydroxyl groups is 1. The van der Waals surface area contributed by atoms with Gasteiger partial charge in [-0.15, -0.1) is 12.4 Å². The lowest BCUT2D eigenvalue weighted by Gasteiger charge is -2.27. The largest absolute Gasteiger partial charge is 0.513 e. The Morgan fingerprint density at radius 3 is 2.62 bits per heavy atom. The summed E-state index contributed by atoms with van der Waals surface area (Å²) >= 11 is 0. The first kappa shape index (κ1) is 19.9. The molecule has 0 saturated heterocycles. The Balaban J connectivity index is 0.00000288. The minimum atomic E-state index is -0.835. The number of carbonyl (C=O) groups is 1. The minimum Gasteiger partial charge on any atom is -0.509 e. The van der Waals surface area contributed by atoms with Crippen LogP contribution in [0.3, 0.4) is 0 Å². The van der Waals surface area contributed by atoms with E-state index in [0.717, 1.165) is 0 Å². The topological polar surface area (TPSA) is 77.5 Å². The second kappa shape index (κ2) is 9.89. The second-order valence-corrected chi connectivity index (χ2v) is 4.95. The average molecular weight is 360 g/mol. The predicted molar refractivity (Wildman–Crippen MR) is 89.9 cm³/mol. The van der Waals surface area contributed by atoms with E-state index < -0.39 is 6.16 Å². The molecule has 1 aromatic carbocycles. The van der Waals surface area contributed by atoms with Crippen LogP contribution in [0.1, 0.15) is 6.42 Å². The predicted octanol–water partition coefficient (Wildman–Crippen LogP) is 2.75. The first-order chi connectivity index (χ1) is 11.1. The van der Waals surface area contributed by atoms with Crippen molar-refractivity contribution in [3.05, 3.63) is 35.8 Å². The molecule has 7 nitrogen and oxygen atoms in total. The van der Waals surface area contributed by atoms with Crippen molar-refractivity contribution in [2.24, 2.45) is 0 Å². The van der Waals surface area contributed by atoms with Gasteiger partial charge in [0.15, 0.2) is 17.3 Å². The second-order valence-electron chi connectivity index (χ2n) is 4.95. The van der Waals surface area contributed by atoms with E-state index >= 15 is 0 Å². The molecular weight excluding hydrogens is 338 g/mol. The van der Waals surface area contributed by atoms with Gasteiger partial charge in [-0.25, -0.2) is 4.79 Å². The van der Waals surface area contributed by atoms with Crippen molar-refractivity contribution in [3.63, 3.8) is 0 Å². The molecule has 0 aromatic heterocycles. The molecule has 0 aliphatic carbocycles. The summed E-state index contributed by atoms with van der Waals surface area (Å²) in [5.74, 6) is 1.66. The van der Waals surface area contributed by atoms with Gasteiger partial charge in [-0.05, 0) is 12.1 Å². The number of methoxy groups -OCH3 is 2. The number of nitrogens with zero attached hydrogens (tertiary/aromatic N) is 1. The number of ether oxygens (including phenoxy) is 4. The molecule has 1 N–H and O–H groups in total. The summed E-state index contributed by atoms with van der Waals surface area (Å²) in [6.07, 6.45) is -0.417. The first-order valence-electron chi connectivity index (χ1n) is 7.29. The number of hydrogen-bond acceptors (Lipinski definition) is 7. The number of halogens is 1. The summed E-state index contributed by atoms with van der Waals surface area (Å²) in [7, 11) is 2.82. The fraction of sp³-hybridized carbons (Fsp3) is 0.438. The Labute approximate surface area is 147 Å². The third-order valence-corrected chi connectivity index (χ3v) is 3.46. The number of para-hydroxylation sites is 2. The zero-order valence-electron chi connectivity index (χ0n) is 13.7. The molecular formula is C16H22ClNO6. The molecule has 2 rings (SSSR count). The highest BCUT2D eigenvalue weighted by molar-refractivity contribution is 5.85. The fourth-order valence-electron chi connectivity index (χ4n) is 2.22. The molecule has 8 heteroatoms. The highest BCUT2D eigenvalue weighted by Crippen LogP contribution is 2.25. The van der Waals surface area contributed by atoms with Crippen LogP contribution < -0.4 is 9.47 Å². The molecule has 24 heavy (non-hydrogen) atoms. The van der Waals surface area contributed by atoms with Crippen molar-refractivity contribution in [1.82, 2.24) is 4.90 Å². The van der Waals surface area contributed by atoms with Crippen molar-refractivity contribution < 1.29 is 28.8 Å². The van der Waals surface area contributed by atoms with Crippen LogP contribution in [-0.2, 0) is 9.47 Å². The lowest BCUT2D eigenvalue weighted by atomic mass is 10.2. The maximum atomic E-state index is 11.2. The molecule has 0 bridgehead atoms. The standard InChI is InChI=1S/C16H21NO6.ClH/c1-20-13-5-3-4-6-14(13)22-10-9-17-8-7-12(18)15(11-17)23-16(19)21-2;/h3-6,18H,7-11H2,1-2H3;1H. The van der Waals surface area contributed by atoms with Gasteiger partial charge in [0.1, 0.15) is 12.4 Å².